The van der Waals surface area contributed by atoms with Gasteiger partial charge in [0.15, 0.2) is 11.3 Å². The van der Waals surface area contributed by atoms with E-state index < -0.39 is 5.97 Å². The van der Waals surface area contributed by atoms with Gasteiger partial charge in [0.1, 0.15) is 5.15 Å². The zero-order valence-electron chi connectivity index (χ0n) is 7.27. The number of methoxy groups -OCH3 is 1. The van der Waals surface area contributed by atoms with E-state index in [2.05, 4.69) is 14.7 Å². The standard InChI is InChI=1S/C8H6ClN3O2/c1-14-8(13)5-4-12-6(9)2-10-3-7(12)11-5/h2-4H,1H3. The van der Waals surface area contributed by atoms with Crippen molar-refractivity contribution in [3.8, 4) is 0 Å². The highest BCUT2D eigenvalue weighted by atomic mass is 35.5. The highest BCUT2D eigenvalue weighted by Gasteiger charge is 2.11. The van der Waals surface area contributed by atoms with Gasteiger partial charge in [0.25, 0.3) is 0 Å². The van der Waals surface area contributed by atoms with Gasteiger partial charge in [0, 0.05) is 6.20 Å². The molecule has 0 spiro atoms. The average molecular weight is 212 g/mol. The molecule has 0 saturated carbocycles. The van der Waals surface area contributed by atoms with Gasteiger partial charge in [0.2, 0.25) is 0 Å². The molecule has 2 rings (SSSR count). The summed E-state index contributed by atoms with van der Waals surface area (Å²) in [5.41, 5.74) is 0.723. The molecule has 5 nitrogen and oxygen atoms in total. The molecule has 72 valence electrons. The van der Waals surface area contributed by atoms with E-state index in [-0.39, 0.29) is 5.69 Å². The summed E-state index contributed by atoms with van der Waals surface area (Å²) >= 11 is 5.83. The van der Waals surface area contributed by atoms with Crippen molar-refractivity contribution in [1.29, 1.82) is 0 Å². The summed E-state index contributed by atoms with van der Waals surface area (Å²) < 4.78 is 6.08. The lowest BCUT2D eigenvalue weighted by atomic mass is 10.5. The minimum atomic E-state index is -0.496. The molecule has 0 radical (unpaired) electrons. The molecule has 0 amide bonds. The van der Waals surface area contributed by atoms with Crippen molar-refractivity contribution in [2.45, 2.75) is 0 Å². The minimum absolute atomic E-state index is 0.211. The van der Waals surface area contributed by atoms with Crippen LogP contribution in [0.25, 0.3) is 5.65 Å². The molecule has 2 aromatic heterocycles. The number of fused-ring (bicyclic) bond motifs is 1. The Labute approximate surface area is 84.3 Å². The first-order valence-electron chi connectivity index (χ1n) is 3.79. The van der Waals surface area contributed by atoms with Crippen molar-refractivity contribution in [2.75, 3.05) is 7.11 Å². The van der Waals surface area contributed by atoms with Gasteiger partial charge in [0.05, 0.1) is 19.5 Å². The molecule has 0 N–H and O–H groups in total. The lowest BCUT2D eigenvalue weighted by molar-refractivity contribution is 0.0595. The van der Waals surface area contributed by atoms with Gasteiger partial charge in [-0.2, -0.15) is 0 Å². The number of carbonyl (C=O) groups excluding carboxylic acids is 1. The number of hydrogen-bond acceptors (Lipinski definition) is 4. The highest BCUT2D eigenvalue weighted by molar-refractivity contribution is 6.29. The van der Waals surface area contributed by atoms with Crippen molar-refractivity contribution in [3.05, 3.63) is 29.4 Å². The summed E-state index contributed by atoms with van der Waals surface area (Å²) in [5.74, 6) is -0.496. The molecule has 0 aliphatic carbocycles. The second-order valence-corrected chi connectivity index (χ2v) is 2.96. The molecule has 0 aliphatic heterocycles. The third-order valence-electron chi connectivity index (χ3n) is 1.73. The average Bonchev–Trinajstić information content (AvgIpc) is 2.62. The zero-order chi connectivity index (χ0) is 10.1. The van der Waals surface area contributed by atoms with Crippen LogP contribution in [-0.2, 0) is 4.74 Å². The maximum absolute atomic E-state index is 11.1. The van der Waals surface area contributed by atoms with E-state index in [1.54, 1.807) is 4.40 Å². The van der Waals surface area contributed by atoms with Crippen LogP contribution >= 0.6 is 11.6 Å². The molecule has 2 aromatic rings. The normalized spacial score (nSPS) is 10.4. The molecular formula is C8H6ClN3O2. The second kappa shape index (κ2) is 3.26. The maximum atomic E-state index is 11.1. The Morgan fingerprint density at radius 3 is 3.00 bits per heavy atom. The lowest BCUT2D eigenvalue weighted by Crippen LogP contribution is -2.00. The Balaban J connectivity index is 2.62. The predicted molar refractivity (Wildman–Crippen MR) is 49.3 cm³/mol. The highest BCUT2D eigenvalue weighted by Crippen LogP contribution is 2.11. The number of imidazole rings is 1. The largest absolute Gasteiger partial charge is 0.464 e. The predicted octanol–water partition coefficient (Wildman–Crippen LogP) is 1.17. The number of aromatic nitrogens is 3. The minimum Gasteiger partial charge on any atom is -0.464 e. The molecule has 0 atom stereocenters. The summed E-state index contributed by atoms with van der Waals surface area (Å²) in [5, 5.41) is 0.394. The van der Waals surface area contributed by atoms with Crippen LogP contribution in [0.5, 0.6) is 0 Å². The van der Waals surface area contributed by atoms with E-state index in [1.165, 1.54) is 25.7 Å². The molecule has 0 aromatic carbocycles. The Morgan fingerprint density at radius 2 is 2.36 bits per heavy atom. The fraction of sp³-hybridized carbons (Fsp3) is 0.125. The third kappa shape index (κ3) is 1.31. The molecule has 0 bridgehead atoms. The molecule has 0 fully saturated rings. The topological polar surface area (TPSA) is 56.5 Å². The van der Waals surface area contributed by atoms with Crippen molar-refractivity contribution < 1.29 is 9.53 Å². The van der Waals surface area contributed by atoms with Crippen molar-refractivity contribution in [1.82, 2.24) is 14.4 Å². The number of halogens is 1. The van der Waals surface area contributed by atoms with Crippen LogP contribution in [0.2, 0.25) is 5.15 Å². The second-order valence-electron chi connectivity index (χ2n) is 2.58. The molecular weight excluding hydrogens is 206 g/mol. The number of ether oxygens (including phenoxy) is 1. The summed E-state index contributed by atoms with van der Waals surface area (Å²) in [6, 6.07) is 0. The van der Waals surface area contributed by atoms with Crippen LogP contribution < -0.4 is 0 Å². The van der Waals surface area contributed by atoms with Crippen LogP contribution in [0.15, 0.2) is 18.6 Å². The van der Waals surface area contributed by atoms with Gasteiger partial charge in [-0.3, -0.25) is 9.38 Å². The van der Waals surface area contributed by atoms with Crippen LogP contribution in [0.4, 0.5) is 0 Å². The summed E-state index contributed by atoms with van der Waals surface area (Å²) in [4.78, 5) is 19.0. The van der Waals surface area contributed by atoms with E-state index >= 15 is 0 Å². The molecule has 6 heteroatoms. The summed E-state index contributed by atoms with van der Waals surface area (Å²) in [6.07, 6.45) is 4.49. The van der Waals surface area contributed by atoms with Gasteiger partial charge < -0.3 is 4.74 Å². The Kier molecular flexibility index (Phi) is 2.09. The third-order valence-corrected chi connectivity index (χ3v) is 2.01. The van der Waals surface area contributed by atoms with E-state index in [0.29, 0.717) is 10.8 Å². The van der Waals surface area contributed by atoms with Crippen molar-refractivity contribution in [3.63, 3.8) is 0 Å². The van der Waals surface area contributed by atoms with Gasteiger partial charge in [-0.05, 0) is 0 Å². The van der Waals surface area contributed by atoms with E-state index in [1.807, 2.05) is 0 Å². The number of hydrogen-bond donors (Lipinski definition) is 0. The van der Waals surface area contributed by atoms with Crippen LogP contribution in [-0.4, -0.2) is 27.4 Å². The number of carbonyl (C=O) groups is 1. The monoisotopic (exact) mass is 211 g/mol. The van der Waals surface area contributed by atoms with Crippen LogP contribution in [0.1, 0.15) is 10.5 Å². The Bertz CT molecular complexity index is 494. The quantitative estimate of drug-likeness (QED) is 0.665. The first kappa shape index (κ1) is 8.96. The number of rotatable bonds is 1. The number of nitrogens with zero attached hydrogens (tertiary/aromatic N) is 3. The molecule has 0 unspecified atom stereocenters. The molecule has 14 heavy (non-hydrogen) atoms. The fourth-order valence-corrected chi connectivity index (χ4v) is 1.28. The van der Waals surface area contributed by atoms with Gasteiger partial charge >= 0.3 is 5.97 Å². The van der Waals surface area contributed by atoms with Crippen molar-refractivity contribution in [2.24, 2.45) is 0 Å². The van der Waals surface area contributed by atoms with Crippen molar-refractivity contribution >= 4 is 23.2 Å². The molecule has 0 saturated heterocycles. The van der Waals surface area contributed by atoms with Gasteiger partial charge in [-0.1, -0.05) is 11.6 Å². The van der Waals surface area contributed by atoms with Crippen LogP contribution in [0, 0.1) is 0 Å². The maximum Gasteiger partial charge on any atom is 0.358 e. The molecule has 0 aliphatic rings. The zero-order valence-corrected chi connectivity index (χ0v) is 8.02. The smallest absolute Gasteiger partial charge is 0.358 e. The lowest BCUT2D eigenvalue weighted by Gasteiger charge is -1.92. The first-order valence-corrected chi connectivity index (χ1v) is 4.17. The van der Waals surface area contributed by atoms with E-state index in [4.69, 9.17) is 11.6 Å². The summed E-state index contributed by atoms with van der Waals surface area (Å²) in [7, 11) is 1.30. The molecule has 2 heterocycles. The first-order chi connectivity index (χ1) is 6.72. The fourth-order valence-electron chi connectivity index (χ4n) is 1.09. The van der Waals surface area contributed by atoms with Crippen LogP contribution in [0.3, 0.4) is 0 Å². The Hall–Kier alpha value is -1.62. The number of esters is 1. The van der Waals surface area contributed by atoms with Gasteiger partial charge in [-0.15, -0.1) is 0 Å². The Morgan fingerprint density at radius 1 is 1.57 bits per heavy atom. The van der Waals surface area contributed by atoms with E-state index in [9.17, 15) is 4.79 Å². The SMILES string of the molecule is COC(=O)c1cn2c(Cl)cncc2n1. The summed E-state index contributed by atoms with van der Waals surface area (Å²) in [6.45, 7) is 0. The van der Waals surface area contributed by atoms with E-state index in [0.717, 1.165) is 0 Å². The van der Waals surface area contributed by atoms with Gasteiger partial charge in [-0.25, -0.2) is 9.78 Å².